The first-order valence-electron chi connectivity index (χ1n) is 6.04. The summed E-state index contributed by atoms with van der Waals surface area (Å²) in [5, 5.41) is 3.58. The minimum atomic E-state index is -0.640. The number of amides is 4. The molecule has 4 amide bonds. The number of primary amides is 1. The molecule has 7 heteroatoms. The fraction of sp³-hybridized carbons (Fsp3) is 0.333. The van der Waals surface area contributed by atoms with Crippen molar-refractivity contribution >= 4 is 12.1 Å². The summed E-state index contributed by atoms with van der Waals surface area (Å²) in [5.41, 5.74) is 6.13. The molecule has 2 rings (SSSR count). The van der Waals surface area contributed by atoms with E-state index >= 15 is 0 Å². The average Bonchev–Trinajstić information content (AvgIpc) is 2.88. The van der Waals surface area contributed by atoms with Crippen LogP contribution in [-0.4, -0.2) is 40.2 Å². The summed E-state index contributed by atoms with van der Waals surface area (Å²) in [5.74, 6) is 5.75. The van der Waals surface area contributed by atoms with Gasteiger partial charge in [0.05, 0.1) is 6.54 Å². The molecule has 0 aromatic heterocycles. The van der Waals surface area contributed by atoms with Gasteiger partial charge in [-0.1, -0.05) is 30.3 Å². The van der Waals surface area contributed by atoms with E-state index in [1.807, 2.05) is 30.3 Å². The van der Waals surface area contributed by atoms with Crippen molar-refractivity contribution in [3.05, 3.63) is 35.9 Å². The zero-order chi connectivity index (χ0) is 13.8. The van der Waals surface area contributed by atoms with Crippen LogP contribution in [0.1, 0.15) is 12.0 Å². The third kappa shape index (κ3) is 2.94. The van der Waals surface area contributed by atoms with Crippen LogP contribution in [0.4, 0.5) is 9.59 Å². The lowest BCUT2D eigenvalue weighted by atomic mass is 10.2. The van der Waals surface area contributed by atoms with Crippen molar-refractivity contribution in [1.82, 2.24) is 15.0 Å². The molecule has 0 saturated carbocycles. The molecule has 1 fully saturated rings. The molecule has 0 aliphatic carbocycles. The van der Waals surface area contributed by atoms with Crippen molar-refractivity contribution in [3.63, 3.8) is 0 Å². The molecule has 102 valence electrons. The second-order valence-electron chi connectivity index (χ2n) is 4.33. The monoisotopic (exact) mass is 263 g/mol. The van der Waals surface area contributed by atoms with E-state index in [2.05, 4.69) is 0 Å². The predicted octanol–water partition coefficient (Wildman–Crippen LogP) is 0.484. The van der Waals surface area contributed by atoms with Gasteiger partial charge in [0.25, 0.3) is 0 Å². The van der Waals surface area contributed by atoms with Crippen molar-refractivity contribution in [3.8, 4) is 0 Å². The van der Waals surface area contributed by atoms with Crippen LogP contribution < -0.4 is 11.6 Å². The summed E-state index contributed by atoms with van der Waals surface area (Å²) >= 11 is 0. The lowest BCUT2D eigenvalue weighted by Gasteiger charge is -2.29. The average molecular weight is 263 g/mol. The van der Waals surface area contributed by atoms with Crippen LogP contribution in [0.3, 0.4) is 0 Å². The number of hydrogen-bond donors (Lipinski definition) is 2. The Kier molecular flexibility index (Phi) is 3.86. The van der Waals surface area contributed by atoms with Gasteiger partial charge in [-0.3, -0.25) is 5.01 Å². The summed E-state index contributed by atoms with van der Waals surface area (Å²) < 4.78 is 0. The molecular weight excluding hydrogens is 246 g/mol. The van der Waals surface area contributed by atoms with E-state index in [-0.39, 0.29) is 6.54 Å². The summed E-state index contributed by atoms with van der Waals surface area (Å²) in [6, 6.07) is 8.32. The van der Waals surface area contributed by atoms with Crippen LogP contribution in [-0.2, 0) is 6.54 Å². The van der Waals surface area contributed by atoms with E-state index in [0.29, 0.717) is 19.5 Å². The highest BCUT2D eigenvalue weighted by atomic mass is 16.2. The molecule has 0 atom stereocenters. The summed E-state index contributed by atoms with van der Waals surface area (Å²) in [4.78, 5) is 23.3. The van der Waals surface area contributed by atoms with Gasteiger partial charge in [-0.2, -0.15) is 0 Å². The highest BCUT2D eigenvalue weighted by Crippen LogP contribution is 2.13. The van der Waals surface area contributed by atoms with Gasteiger partial charge in [0.1, 0.15) is 0 Å². The summed E-state index contributed by atoms with van der Waals surface area (Å²) in [6.07, 6.45) is 0.702. The standard InChI is InChI=1S/C12H17N5O2/c13-11(18)16-7-4-8-17(16)12(19)15(14)9-10-5-2-1-3-6-10/h1-3,5-6H,4,7-9,14H2,(H2,13,18). The molecule has 1 heterocycles. The molecule has 1 aromatic carbocycles. The fourth-order valence-electron chi connectivity index (χ4n) is 2.04. The van der Waals surface area contributed by atoms with Gasteiger partial charge in [-0.05, 0) is 12.0 Å². The second kappa shape index (κ2) is 5.57. The van der Waals surface area contributed by atoms with Crippen molar-refractivity contribution in [2.45, 2.75) is 13.0 Å². The van der Waals surface area contributed by atoms with Crippen LogP contribution in [0.15, 0.2) is 30.3 Å². The number of benzene rings is 1. The van der Waals surface area contributed by atoms with Crippen LogP contribution in [0.2, 0.25) is 0 Å². The Morgan fingerprint density at radius 1 is 1.16 bits per heavy atom. The maximum Gasteiger partial charge on any atom is 0.353 e. The zero-order valence-corrected chi connectivity index (χ0v) is 10.5. The third-order valence-corrected chi connectivity index (χ3v) is 2.95. The number of nitrogens with two attached hydrogens (primary N) is 2. The molecule has 0 spiro atoms. The van der Waals surface area contributed by atoms with Gasteiger partial charge < -0.3 is 5.73 Å². The number of hydrogen-bond acceptors (Lipinski definition) is 3. The highest BCUT2D eigenvalue weighted by Gasteiger charge is 2.31. The molecule has 1 aromatic rings. The van der Waals surface area contributed by atoms with Gasteiger partial charge in [-0.25, -0.2) is 25.4 Å². The van der Waals surface area contributed by atoms with Crippen LogP contribution in [0.25, 0.3) is 0 Å². The quantitative estimate of drug-likeness (QED) is 0.461. The van der Waals surface area contributed by atoms with Crippen molar-refractivity contribution in [2.75, 3.05) is 13.1 Å². The number of urea groups is 2. The van der Waals surface area contributed by atoms with Crippen molar-refractivity contribution < 1.29 is 9.59 Å². The lowest BCUT2D eigenvalue weighted by Crippen LogP contribution is -2.53. The minimum Gasteiger partial charge on any atom is -0.350 e. The first-order valence-corrected chi connectivity index (χ1v) is 6.04. The Bertz CT molecular complexity index is 464. The maximum atomic E-state index is 12.1. The van der Waals surface area contributed by atoms with Gasteiger partial charge in [0, 0.05) is 13.1 Å². The number of hydrazine groups is 2. The first kappa shape index (κ1) is 13.2. The van der Waals surface area contributed by atoms with E-state index in [1.54, 1.807) is 0 Å². The minimum absolute atomic E-state index is 0.281. The Morgan fingerprint density at radius 3 is 2.42 bits per heavy atom. The topological polar surface area (TPSA) is 95.9 Å². The second-order valence-corrected chi connectivity index (χ2v) is 4.33. The van der Waals surface area contributed by atoms with Crippen LogP contribution in [0, 0.1) is 0 Å². The Morgan fingerprint density at radius 2 is 1.79 bits per heavy atom. The Labute approximate surface area is 111 Å². The maximum absolute atomic E-state index is 12.1. The SMILES string of the molecule is NC(=O)N1CCCN1C(=O)N(N)Cc1ccccc1. The molecule has 1 aliphatic heterocycles. The van der Waals surface area contributed by atoms with E-state index in [0.717, 1.165) is 10.6 Å². The molecule has 7 nitrogen and oxygen atoms in total. The largest absolute Gasteiger partial charge is 0.353 e. The molecule has 0 unspecified atom stereocenters. The molecule has 1 saturated heterocycles. The number of rotatable bonds is 2. The normalized spacial score (nSPS) is 14.6. The number of nitrogens with zero attached hydrogens (tertiary/aromatic N) is 3. The Balaban J connectivity index is 2.01. The fourth-order valence-corrected chi connectivity index (χ4v) is 2.04. The number of carbonyl (C=O) groups excluding carboxylic acids is 2. The van der Waals surface area contributed by atoms with Crippen LogP contribution >= 0.6 is 0 Å². The molecular formula is C12H17N5O2. The van der Waals surface area contributed by atoms with E-state index in [1.165, 1.54) is 10.0 Å². The molecule has 0 radical (unpaired) electrons. The van der Waals surface area contributed by atoms with Gasteiger partial charge in [0.2, 0.25) is 0 Å². The molecule has 19 heavy (non-hydrogen) atoms. The highest BCUT2D eigenvalue weighted by molar-refractivity contribution is 5.79. The molecule has 0 bridgehead atoms. The van der Waals surface area contributed by atoms with Gasteiger partial charge >= 0.3 is 12.1 Å². The summed E-state index contributed by atoms with van der Waals surface area (Å²) in [6.45, 7) is 1.17. The van der Waals surface area contributed by atoms with Crippen LogP contribution in [0.5, 0.6) is 0 Å². The van der Waals surface area contributed by atoms with Crippen molar-refractivity contribution in [2.24, 2.45) is 11.6 Å². The predicted molar refractivity (Wildman–Crippen MR) is 69.2 cm³/mol. The third-order valence-electron chi connectivity index (χ3n) is 2.95. The van der Waals surface area contributed by atoms with E-state index in [4.69, 9.17) is 11.6 Å². The van der Waals surface area contributed by atoms with Crippen molar-refractivity contribution in [1.29, 1.82) is 0 Å². The van der Waals surface area contributed by atoms with E-state index < -0.39 is 12.1 Å². The Hall–Kier alpha value is -2.28. The number of carbonyl (C=O) groups is 2. The van der Waals surface area contributed by atoms with Gasteiger partial charge in [-0.15, -0.1) is 0 Å². The lowest BCUT2D eigenvalue weighted by molar-refractivity contribution is 0.0674. The van der Waals surface area contributed by atoms with E-state index in [9.17, 15) is 9.59 Å². The van der Waals surface area contributed by atoms with Gasteiger partial charge in [0.15, 0.2) is 0 Å². The molecule has 4 N–H and O–H groups in total. The first-order chi connectivity index (χ1) is 9.09. The summed E-state index contributed by atoms with van der Waals surface area (Å²) in [7, 11) is 0. The molecule has 1 aliphatic rings. The smallest absolute Gasteiger partial charge is 0.350 e. The zero-order valence-electron chi connectivity index (χ0n) is 10.5.